The lowest BCUT2D eigenvalue weighted by atomic mass is 9.51. The molecule has 1 saturated carbocycles. The van der Waals surface area contributed by atoms with Crippen LogP contribution in [-0.4, -0.2) is 66.4 Å². The number of ether oxygens (including phenoxy) is 2. The predicted octanol–water partition coefficient (Wildman–Crippen LogP) is 4.48. The molecule has 3 heterocycles. The molecular weight excluding hydrogens is 480 g/mol. The number of methoxy groups -OCH3 is 1. The first-order valence-corrected chi connectivity index (χ1v) is 13.9. The van der Waals surface area contributed by atoms with Crippen molar-refractivity contribution in [2.24, 2.45) is 11.8 Å². The van der Waals surface area contributed by atoms with Crippen molar-refractivity contribution in [1.82, 2.24) is 9.80 Å². The van der Waals surface area contributed by atoms with Gasteiger partial charge < -0.3 is 18.8 Å². The molecule has 1 aromatic carbocycles. The number of hydrogen-bond donors (Lipinski definition) is 0. The van der Waals surface area contributed by atoms with Crippen LogP contribution in [0.1, 0.15) is 56.7 Å². The maximum atomic E-state index is 13.7. The maximum Gasteiger partial charge on any atom is 0.246 e. The fraction of sp³-hybridized carbons (Fsp3) is 0.548. The number of Topliss-reactive ketones (excluding diaryl/α,β-unsaturated/α-hetero) is 1. The summed E-state index contributed by atoms with van der Waals surface area (Å²) in [5.41, 5.74) is 3.31. The highest BCUT2D eigenvalue weighted by atomic mass is 16.5. The Morgan fingerprint density at radius 3 is 2.82 bits per heavy atom. The lowest BCUT2D eigenvalue weighted by molar-refractivity contribution is -0.139. The van der Waals surface area contributed by atoms with Crippen LogP contribution in [-0.2, 0) is 21.4 Å². The van der Waals surface area contributed by atoms with E-state index in [1.54, 1.807) is 32.6 Å². The van der Waals surface area contributed by atoms with Gasteiger partial charge in [-0.3, -0.25) is 14.5 Å². The number of carbonyl (C=O) groups excluding carboxylic acids is 2. The molecule has 7 nitrogen and oxygen atoms in total. The van der Waals surface area contributed by atoms with E-state index in [-0.39, 0.29) is 29.3 Å². The fourth-order valence-corrected chi connectivity index (χ4v) is 7.97. The normalized spacial score (nSPS) is 29.3. The van der Waals surface area contributed by atoms with E-state index in [2.05, 4.69) is 29.7 Å². The van der Waals surface area contributed by atoms with Crippen LogP contribution >= 0.6 is 0 Å². The Hall–Kier alpha value is -3.06. The van der Waals surface area contributed by atoms with Crippen LogP contribution < -0.4 is 9.47 Å². The number of likely N-dealkylation sites (tertiary alicyclic amines) is 1. The largest absolute Gasteiger partial charge is 0.493 e. The van der Waals surface area contributed by atoms with Crippen LogP contribution in [0.15, 0.2) is 41.2 Å². The van der Waals surface area contributed by atoms with Gasteiger partial charge in [-0.1, -0.05) is 19.9 Å². The van der Waals surface area contributed by atoms with Crippen molar-refractivity contribution in [1.29, 1.82) is 0 Å². The first kappa shape index (κ1) is 25.2. The minimum absolute atomic E-state index is 0.00729. The molecule has 5 atom stereocenters. The van der Waals surface area contributed by atoms with Crippen molar-refractivity contribution in [3.63, 3.8) is 0 Å². The lowest BCUT2D eigenvalue weighted by Gasteiger charge is -2.60. The molecule has 6 rings (SSSR count). The molecule has 2 aromatic rings. The highest BCUT2D eigenvalue weighted by molar-refractivity contribution is 5.92. The third-order valence-electron chi connectivity index (χ3n) is 9.24. The van der Waals surface area contributed by atoms with E-state index in [0.29, 0.717) is 31.0 Å². The van der Waals surface area contributed by atoms with Crippen molar-refractivity contribution >= 4 is 17.8 Å². The second-order valence-corrected chi connectivity index (χ2v) is 11.9. The number of piperidine rings is 1. The second-order valence-electron chi connectivity index (χ2n) is 11.9. The fourth-order valence-electron chi connectivity index (χ4n) is 7.97. The van der Waals surface area contributed by atoms with Gasteiger partial charge in [-0.25, -0.2) is 0 Å². The standard InChI is InChI=1S/C31H38N2O5/c1-19(2)16-33(27(35)10-5-21-11-14-37-18-21)24-8-7-23-25-15-22-6-9-26(36-4)29-28(22)31(23,30(24)38-29)12-13-32(25)17-20(3)34/h5-6,9-11,14,18-19,23-25,30H,7-8,12-13,15-17H2,1-4H3/t23-,24+,25+,30-,31-/m0/s1. The van der Waals surface area contributed by atoms with E-state index in [0.717, 1.165) is 49.3 Å². The van der Waals surface area contributed by atoms with E-state index >= 15 is 0 Å². The van der Waals surface area contributed by atoms with Gasteiger partial charge in [-0.05, 0) is 74.8 Å². The highest BCUT2D eigenvalue weighted by Crippen LogP contribution is 2.64. The summed E-state index contributed by atoms with van der Waals surface area (Å²) in [6, 6.07) is 6.33. The average molecular weight is 519 g/mol. The van der Waals surface area contributed by atoms with Gasteiger partial charge in [0.05, 0.1) is 32.2 Å². The molecule has 1 saturated heterocycles. The summed E-state index contributed by atoms with van der Waals surface area (Å²) in [7, 11) is 1.70. The van der Waals surface area contributed by atoms with Crippen LogP contribution in [0.4, 0.5) is 0 Å². The first-order valence-electron chi connectivity index (χ1n) is 13.9. The van der Waals surface area contributed by atoms with E-state index in [1.165, 1.54) is 11.1 Å². The molecular formula is C31H38N2O5. The molecule has 0 unspecified atom stereocenters. The van der Waals surface area contributed by atoms with E-state index in [1.807, 2.05) is 18.2 Å². The molecule has 1 amide bonds. The van der Waals surface area contributed by atoms with Gasteiger partial charge in [0.2, 0.25) is 5.91 Å². The van der Waals surface area contributed by atoms with Gasteiger partial charge in [0.15, 0.2) is 11.5 Å². The second kappa shape index (κ2) is 9.60. The average Bonchev–Trinajstić information content (AvgIpc) is 3.53. The lowest BCUT2D eigenvalue weighted by Crippen LogP contribution is -2.69. The van der Waals surface area contributed by atoms with Gasteiger partial charge in [-0.2, -0.15) is 0 Å². The Balaban J connectivity index is 1.41. The van der Waals surface area contributed by atoms with E-state index in [4.69, 9.17) is 13.9 Å². The van der Waals surface area contributed by atoms with Gasteiger partial charge >= 0.3 is 0 Å². The zero-order chi connectivity index (χ0) is 26.6. The number of rotatable bonds is 8. The van der Waals surface area contributed by atoms with Crippen molar-refractivity contribution in [3.05, 3.63) is 53.5 Å². The summed E-state index contributed by atoms with van der Waals surface area (Å²) >= 11 is 0. The molecule has 1 aromatic heterocycles. The molecule has 2 aliphatic carbocycles. The third-order valence-corrected chi connectivity index (χ3v) is 9.24. The summed E-state index contributed by atoms with van der Waals surface area (Å²) in [6.07, 6.45) is 10.3. The molecule has 202 valence electrons. The summed E-state index contributed by atoms with van der Waals surface area (Å²) in [6.45, 7) is 8.04. The maximum absolute atomic E-state index is 13.7. The number of nitrogens with zero attached hydrogens (tertiary/aromatic N) is 2. The number of ketones is 1. The molecule has 4 aliphatic rings. The van der Waals surface area contributed by atoms with E-state index < -0.39 is 0 Å². The molecule has 1 spiro atoms. The SMILES string of the molecule is COc1ccc2c3c1O[C@H]1[C@H](N(CC(C)C)C(=O)C=Cc4ccoc4)CC[C@H]4[C@@H](C2)N(CC(C)=O)CC[C@@]341. The molecule has 7 heteroatoms. The Labute approximate surface area is 224 Å². The minimum Gasteiger partial charge on any atom is -0.493 e. The number of hydrogen-bond acceptors (Lipinski definition) is 6. The molecule has 2 fully saturated rings. The Morgan fingerprint density at radius 1 is 1.26 bits per heavy atom. The zero-order valence-electron chi connectivity index (χ0n) is 22.8. The quantitative estimate of drug-likeness (QED) is 0.480. The molecule has 38 heavy (non-hydrogen) atoms. The summed E-state index contributed by atoms with van der Waals surface area (Å²) < 4.78 is 17.9. The summed E-state index contributed by atoms with van der Waals surface area (Å²) in [4.78, 5) is 30.4. The van der Waals surface area contributed by atoms with Crippen molar-refractivity contribution in [3.8, 4) is 11.5 Å². The number of amides is 1. The number of furan rings is 1. The van der Waals surface area contributed by atoms with Crippen LogP contribution in [0, 0.1) is 11.8 Å². The first-order chi connectivity index (χ1) is 18.3. The highest BCUT2D eigenvalue weighted by Gasteiger charge is 2.66. The molecule has 2 aliphatic heterocycles. The van der Waals surface area contributed by atoms with Crippen LogP contribution in [0.5, 0.6) is 11.5 Å². The number of carbonyl (C=O) groups is 2. The van der Waals surface area contributed by atoms with Crippen molar-refractivity contribution in [2.45, 2.75) is 70.1 Å². The smallest absolute Gasteiger partial charge is 0.246 e. The zero-order valence-corrected chi connectivity index (χ0v) is 22.8. The van der Waals surface area contributed by atoms with Gasteiger partial charge in [0, 0.05) is 35.2 Å². The van der Waals surface area contributed by atoms with E-state index in [9.17, 15) is 9.59 Å². The van der Waals surface area contributed by atoms with Crippen LogP contribution in [0.3, 0.4) is 0 Å². The number of benzene rings is 1. The minimum atomic E-state index is -0.178. The molecule has 2 bridgehead atoms. The monoisotopic (exact) mass is 518 g/mol. The molecule has 0 N–H and O–H groups in total. The predicted molar refractivity (Wildman–Crippen MR) is 144 cm³/mol. The van der Waals surface area contributed by atoms with Gasteiger partial charge in [0.25, 0.3) is 0 Å². The Morgan fingerprint density at radius 2 is 2.11 bits per heavy atom. The van der Waals surface area contributed by atoms with Crippen LogP contribution in [0.25, 0.3) is 6.08 Å². The molecule has 0 radical (unpaired) electrons. The Bertz CT molecular complexity index is 1250. The van der Waals surface area contributed by atoms with Gasteiger partial charge in [-0.15, -0.1) is 0 Å². The third kappa shape index (κ3) is 3.89. The van der Waals surface area contributed by atoms with Crippen molar-refractivity contribution in [2.75, 3.05) is 26.7 Å². The van der Waals surface area contributed by atoms with Crippen LogP contribution in [0.2, 0.25) is 0 Å². The summed E-state index contributed by atoms with van der Waals surface area (Å²) in [5, 5.41) is 0. The van der Waals surface area contributed by atoms with Crippen molar-refractivity contribution < 1.29 is 23.5 Å². The topological polar surface area (TPSA) is 72.2 Å². The Kier molecular flexibility index (Phi) is 6.37. The van der Waals surface area contributed by atoms with Gasteiger partial charge in [0.1, 0.15) is 11.9 Å². The summed E-state index contributed by atoms with van der Waals surface area (Å²) in [5.74, 6) is 2.57.